The van der Waals surface area contributed by atoms with Crippen molar-refractivity contribution in [2.24, 2.45) is 0 Å². The van der Waals surface area contributed by atoms with E-state index in [0.717, 1.165) is 22.4 Å². The molecule has 2 heterocycles. The Hall–Kier alpha value is -3.97. The van der Waals surface area contributed by atoms with Crippen LogP contribution in [0.1, 0.15) is 21.5 Å². The van der Waals surface area contributed by atoms with Crippen LogP contribution in [0.4, 0.5) is 5.82 Å². The molecular weight excluding hydrogens is 416 g/mol. The number of anilines is 1. The predicted octanol–water partition coefficient (Wildman–Crippen LogP) is 3.97. The number of aromatic nitrogens is 3. The average Bonchev–Trinajstić information content (AvgIpc) is 3.21. The number of ether oxygens (including phenoxy) is 1. The summed E-state index contributed by atoms with van der Waals surface area (Å²) in [5.41, 5.74) is 4.16. The van der Waals surface area contributed by atoms with Crippen molar-refractivity contribution < 1.29 is 9.53 Å². The van der Waals surface area contributed by atoms with Gasteiger partial charge >= 0.3 is 0 Å². The Morgan fingerprint density at radius 3 is 2.55 bits per heavy atom. The summed E-state index contributed by atoms with van der Waals surface area (Å²) in [6, 6.07) is 22.8. The highest BCUT2D eigenvalue weighted by atomic mass is 16.5. The van der Waals surface area contributed by atoms with Crippen LogP contribution in [0, 0.1) is 6.92 Å². The maximum Gasteiger partial charge on any atom is 0.258 e. The first-order valence-electron chi connectivity index (χ1n) is 10.7. The second-order valence-electron chi connectivity index (χ2n) is 7.77. The van der Waals surface area contributed by atoms with Crippen LogP contribution in [0.3, 0.4) is 0 Å². The van der Waals surface area contributed by atoms with Crippen LogP contribution in [0.5, 0.6) is 0 Å². The van der Waals surface area contributed by atoms with E-state index in [4.69, 9.17) is 9.84 Å². The molecule has 168 valence electrons. The van der Waals surface area contributed by atoms with E-state index in [1.54, 1.807) is 18.0 Å². The third-order valence-corrected chi connectivity index (χ3v) is 5.40. The number of pyridine rings is 1. The normalized spacial score (nSPS) is 10.8. The van der Waals surface area contributed by atoms with Gasteiger partial charge in [-0.2, -0.15) is 5.10 Å². The minimum absolute atomic E-state index is 0.181. The number of nitrogens with one attached hydrogen (secondary N) is 1. The molecule has 7 heteroatoms. The van der Waals surface area contributed by atoms with E-state index in [-0.39, 0.29) is 11.5 Å². The smallest absolute Gasteiger partial charge is 0.258 e. The molecule has 0 fully saturated rings. The summed E-state index contributed by atoms with van der Waals surface area (Å²) in [6.45, 7) is 3.30. The van der Waals surface area contributed by atoms with Crippen molar-refractivity contribution in [2.75, 3.05) is 19.0 Å². The number of nitrogens with zero attached hydrogens (tertiary/aromatic N) is 3. The standard InChI is InChI=1S/C26H26N4O3/c1-19-8-6-7-11-22(19)23-16-24(30(28-23)17-20-9-4-3-5-10-20)27-26(32)21-12-13-25(31)29(18-21)14-15-33-2/h3-13,16,18H,14-15,17H2,1-2H3,(H,27,32). The van der Waals surface area contributed by atoms with Gasteiger partial charge in [-0.25, -0.2) is 4.68 Å². The van der Waals surface area contributed by atoms with Gasteiger partial charge in [-0.3, -0.25) is 9.59 Å². The third-order valence-electron chi connectivity index (χ3n) is 5.40. The molecule has 0 saturated carbocycles. The molecule has 1 N–H and O–H groups in total. The Labute approximate surface area is 192 Å². The zero-order valence-electron chi connectivity index (χ0n) is 18.7. The fraction of sp³-hybridized carbons (Fsp3) is 0.192. The topological polar surface area (TPSA) is 78.2 Å². The Kier molecular flexibility index (Phi) is 6.80. The summed E-state index contributed by atoms with van der Waals surface area (Å²) in [7, 11) is 1.57. The first-order chi connectivity index (χ1) is 16.0. The molecule has 4 rings (SSSR count). The number of hydrogen-bond donors (Lipinski definition) is 1. The molecule has 0 bridgehead atoms. The minimum Gasteiger partial charge on any atom is -0.383 e. The molecule has 2 aromatic heterocycles. The first-order valence-corrected chi connectivity index (χ1v) is 10.7. The van der Waals surface area contributed by atoms with Gasteiger partial charge in [0.1, 0.15) is 5.82 Å². The van der Waals surface area contributed by atoms with Gasteiger partial charge < -0.3 is 14.6 Å². The molecule has 0 radical (unpaired) electrons. The SMILES string of the molecule is COCCn1cc(C(=O)Nc2cc(-c3ccccc3C)nn2Cc2ccccc2)ccc1=O. The predicted molar refractivity (Wildman–Crippen MR) is 128 cm³/mol. The number of hydrogen-bond acceptors (Lipinski definition) is 4. The van der Waals surface area contributed by atoms with E-state index in [9.17, 15) is 9.59 Å². The fourth-order valence-electron chi connectivity index (χ4n) is 3.60. The van der Waals surface area contributed by atoms with Crippen LogP contribution < -0.4 is 10.9 Å². The van der Waals surface area contributed by atoms with Gasteiger partial charge in [0.05, 0.1) is 24.4 Å². The van der Waals surface area contributed by atoms with Crippen molar-refractivity contribution in [3.05, 3.63) is 106 Å². The van der Waals surface area contributed by atoms with Crippen molar-refractivity contribution in [1.29, 1.82) is 0 Å². The second-order valence-corrected chi connectivity index (χ2v) is 7.77. The third kappa shape index (κ3) is 5.27. The Bertz CT molecular complexity index is 1310. The number of benzene rings is 2. The van der Waals surface area contributed by atoms with Crippen molar-refractivity contribution in [3.63, 3.8) is 0 Å². The van der Waals surface area contributed by atoms with E-state index < -0.39 is 0 Å². The summed E-state index contributed by atoms with van der Waals surface area (Å²) in [4.78, 5) is 25.1. The van der Waals surface area contributed by atoms with Gasteiger partial charge in [0, 0.05) is 37.5 Å². The number of rotatable bonds is 8. The van der Waals surface area contributed by atoms with Gasteiger partial charge in [0.15, 0.2) is 0 Å². The summed E-state index contributed by atoms with van der Waals surface area (Å²) in [6.07, 6.45) is 1.55. The average molecular weight is 443 g/mol. The molecule has 33 heavy (non-hydrogen) atoms. The Morgan fingerprint density at radius 1 is 1.03 bits per heavy atom. The Balaban J connectivity index is 1.66. The summed E-state index contributed by atoms with van der Waals surface area (Å²) >= 11 is 0. The van der Waals surface area contributed by atoms with Gasteiger partial charge in [-0.15, -0.1) is 0 Å². The molecule has 0 saturated heterocycles. The first kappa shape index (κ1) is 22.2. The van der Waals surface area contributed by atoms with Crippen LogP contribution in [-0.4, -0.2) is 34.0 Å². The lowest BCUT2D eigenvalue weighted by Gasteiger charge is -2.10. The van der Waals surface area contributed by atoms with Crippen molar-refractivity contribution in [3.8, 4) is 11.3 Å². The van der Waals surface area contributed by atoms with E-state index >= 15 is 0 Å². The largest absolute Gasteiger partial charge is 0.383 e. The van der Waals surface area contributed by atoms with E-state index in [1.807, 2.05) is 67.6 Å². The molecule has 0 aliphatic heterocycles. The molecule has 0 spiro atoms. The van der Waals surface area contributed by atoms with Gasteiger partial charge in [-0.05, 0) is 24.1 Å². The molecule has 0 aliphatic rings. The fourth-order valence-corrected chi connectivity index (χ4v) is 3.60. The number of amides is 1. The van der Waals surface area contributed by atoms with E-state index in [2.05, 4.69) is 5.32 Å². The number of aryl methyl sites for hydroxylation is 1. The molecule has 0 unspecified atom stereocenters. The molecule has 2 aromatic carbocycles. The van der Waals surface area contributed by atoms with E-state index in [1.165, 1.54) is 16.7 Å². The van der Waals surface area contributed by atoms with Crippen LogP contribution in [-0.2, 0) is 17.8 Å². The highest BCUT2D eigenvalue weighted by Gasteiger charge is 2.16. The lowest BCUT2D eigenvalue weighted by molar-refractivity contribution is 0.102. The van der Waals surface area contributed by atoms with Gasteiger partial charge in [-0.1, -0.05) is 54.6 Å². The van der Waals surface area contributed by atoms with Crippen molar-refractivity contribution in [1.82, 2.24) is 14.3 Å². The Morgan fingerprint density at radius 2 is 1.79 bits per heavy atom. The number of methoxy groups -OCH3 is 1. The van der Waals surface area contributed by atoms with Crippen LogP contribution in [0.25, 0.3) is 11.3 Å². The monoisotopic (exact) mass is 442 g/mol. The van der Waals surface area contributed by atoms with Gasteiger partial charge in [0.2, 0.25) is 0 Å². The molecular formula is C26H26N4O3. The maximum atomic E-state index is 13.1. The highest BCUT2D eigenvalue weighted by Crippen LogP contribution is 2.26. The van der Waals surface area contributed by atoms with E-state index in [0.29, 0.717) is 31.1 Å². The van der Waals surface area contributed by atoms with Gasteiger partial charge in [0.25, 0.3) is 11.5 Å². The zero-order valence-corrected chi connectivity index (χ0v) is 18.7. The lowest BCUT2D eigenvalue weighted by atomic mass is 10.1. The number of carbonyl (C=O) groups is 1. The summed E-state index contributed by atoms with van der Waals surface area (Å²) in [5, 5.41) is 7.76. The molecule has 0 aliphatic carbocycles. The van der Waals surface area contributed by atoms with Crippen LogP contribution in [0.2, 0.25) is 0 Å². The minimum atomic E-state index is -0.313. The second kappa shape index (κ2) is 10.1. The quantitative estimate of drug-likeness (QED) is 0.448. The zero-order chi connectivity index (χ0) is 23.2. The molecule has 4 aromatic rings. The number of carbonyl (C=O) groups excluding carboxylic acids is 1. The van der Waals surface area contributed by atoms with Crippen LogP contribution in [0.15, 0.2) is 83.8 Å². The molecule has 1 amide bonds. The van der Waals surface area contributed by atoms with Crippen molar-refractivity contribution in [2.45, 2.75) is 20.0 Å². The maximum absolute atomic E-state index is 13.1. The lowest BCUT2D eigenvalue weighted by Crippen LogP contribution is -2.24. The van der Waals surface area contributed by atoms with Crippen molar-refractivity contribution >= 4 is 11.7 Å². The molecule has 0 atom stereocenters. The summed E-state index contributed by atoms with van der Waals surface area (Å²) in [5.74, 6) is 0.267. The molecule has 7 nitrogen and oxygen atoms in total. The highest BCUT2D eigenvalue weighted by molar-refractivity contribution is 6.03. The van der Waals surface area contributed by atoms with Crippen LogP contribution >= 0.6 is 0 Å². The summed E-state index contributed by atoms with van der Waals surface area (Å²) < 4.78 is 8.31.